The molecule has 2 heterocycles. The first-order chi connectivity index (χ1) is 15.5. The smallest absolute Gasteiger partial charge is 0.413 e. The van der Waals surface area contributed by atoms with E-state index in [9.17, 15) is 19.5 Å². The van der Waals surface area contributed by atoms with Gasteiger partial charge in [-0.25, -0.2) is 9.78 Å². The Balaban J connectivity index is 1.62. The van der Waals surface area contributed by atoms with Crippen LogP contribution in [0.4, 0.5) is 16.3 Å². The summed E-state index contributed by atoms with van der Waals surface area (Å²) in [4.78, 5) is 43.7. The Labute approximate surface area is 195 Å². The first kappa shape index (κ1) is 25.0. The highest BCUT2D eigenvalue weighted by Gasteiger charge is 2.37. The highest BCUT2D eigenvalue weighted by molar-refractivity contribution is 6.39. The van der Waals surface area contributed by atoms with Crippen molar-refractivity contribution in [2.24, 2.45) is 5.92 Å². The molecule has 33 heavy (non-hydrogen) atoms. The van der Waals surface area contributed by atoms with Gasteiger partial charge < -0.3 is 20.1 Å². The van der Waals surface area contributed by atoms with Gasteiger partial charge in [-0.05, 0) is 90.2 Å². The van der Waals surface area contributed by atoms with E-state index in [0.29, 0.717) is 29.5 Å². The summed E-state index contributed by atoms with van der Waals surface area (Å²) in [6.07, 6.45) is 6.64. The average Bonchev–Trinajstić information content (AvgIpc) is 2.74. The van der Waals surface area contributed by atoms with Crippen LogP contribution in [-0.2, 0) is 14.3 Å². The zero-order valence-electron chi connectivity index (χ0n) is 20.0. The van der Waals surface area contributed by atoms with Crippen molar-refractivity contribution in [1.82, 2.24) is 9.88 Å². The molecule has 0 unspecified atom stereocenters. The number of carbonyl (C=O) groups is 3. The van der Waals surface area contributed by atoms with Gasteiger partial charge in [-0.3, -0.25) is 14.9 Å². The molecule has 1 aliphatic heterocycles. The van der Waals surface area contributed by atoms with Gasteiger partial charge in [0.25, 0.3) is 0 Å². The molecule has 0 aromatic carbocycles. The van der Waals surface area contributed by atoms with Crippen LogP contribution in [0.1, 0.15) is 71.3 Å². The van der Waals surface area contributed by atoms with Crippen LogP contribution in [0, 0.1) is 12.8 Å². The first-order valence-corrected chi connectivity index (χ1v) is 11.8. The monoisotopic (exact) mass is 460 g/mol. The summed E-state index contributed by atoms with van der Waals surface area (Å²) < 4.78 is 5.23. The van der Waals surface area contributed by atoms with E-state index < -0.39 is 23.5 Å². The number of aliphatic hydroxyl groups is 1. The molecule has 2 aliphatic rings. The van der Waals surface area contributed by atoms with E-state index in [1.54, 1.807) is 38.7 Å². The third kappa shape index (κ3) is 6.90. The Morgan fingerprint density at radius 1 is 1.09 bits per heavy atom. The third-order valence-electron chi connectivity index (χ3n) is 6.25. The van der Waals surface area contributed by atoms with Crippen molar-refractivity contribution >= 4 is 29.4 Å². The molecule has 0 bridgehead atoms. The largest absolute Gasteiger partial charge is 0.444 e. The van der Waals surface area contributed by atoms with Crippen LogP contribution in [0.5, 0.6) is 0 Å². The van der Waals surface area contributed by atoms with Gasteiger partial charge in [0.1, 0.15) is 11.4 Å². The molecule has 9 nitrogen and oxygen atoms in total. The lowest BCUT2D eigenvalue weighted by molar-refractivity contribution is -0.147. The topological polar surface area (TPSA) is 121 Å². The summed E-state index contributed by atoms with van der Waals surface area (Å²) in [5.74, 6) is -0.567. The average molecular weight is 461 g/mol. The van der Waals surface area contributed by atoms with Crippen LogP contribution in [0.3, 0.4) is 0 Å². The van der Waals surface area contributed by atoms with Gasteiger partial charge in [-0.2, -0.15) is 0 Å². The molecular weight excluding hydrogens is 424 g/mol. The van der Waals surface area contributed by atoms with Crippen LogP contribution in [0.15, 0.2) is 12.3 Å². The number of hydrogen-bond acceptors (Lipinski definition) is 6. The van der Waals surface area contributed by atoms with Crippen LogP contribution in [-0.4, -0.2) is 57.2 Å². The molecule has 3 amide bonds. The number of nitrogens with one attached hydrogen (secondary N) is 2. The molecule has 9 heteroatoms. The number of aliphatic hydroxyl groups excluding tert-OH is 1. The lowest BCUT2D eigenvalue weighted by Gasteiger charge is -2.42. The number of anilines is 2. The van der Waals surface area contributed by atoms with E-state index in [0.717, 1.165) is 44.9 Å². The van der Waals surface area contributed by atoms with Gasteiger partial charge in [-0.15, -0.1) is 0 Å². The maximum Gasteiger partial charge on any atom is 0.413 e. The zero-order valence-corrected chi connectivity index (χ0v) is 20.0. The van der Waals surface area contributed by atoms with Gasteiger partial charge in [0.15, 0.2) is 0 Å². The quantitative estimate of drug-likeness (QED) is 0.593. The predicted octanol–water partition coefficient (Wildman–Crippen LogP) is 3.61. The maximum absolute atomic E-state index is 13.0. The fourth-order valence-electron chi connectivity index (χ4n) is 4.68. The molecule has 1 aliphatic carbocycles. The molecule has 3 rings (SSSR count). The summed E-state index contributed by atoms with van der Waals surface area (Å²) in [5.41, 5.74) is 0.383. The van der Waals surface area contributed by atoms with E-state index >= 15 is 0 Å². The van der Waals surface area contributed by atoms with Crippen molar-refractivity contribution in [3.8, 4) is 0 Å². The van der Waals surface area contributed by atoms with Crippen LogP contribution in [0.2, 0.25) is 0 Å². The summed E-state index contributed by atoms with van der Waals surface area (Å²) in [7, 11) is 0. The minimum atomic E-state index is -0.688. The summed E-state index contributed by atoms with van der Waals surface area (Å²) in [6.45, 7) is 7.63. The number of amides is 3. The van der Waals surface area contributed by atoms with Crippen molar-refractivity contribution < 1.29 is 24.2 Å². The van der Waals surface area contributed by atoms with Crippen LogP contribution < -0.4 is 10.6 Å². The number of aromatic nitrogens is 1. The van der Waals surface area contributed by atoms with Crippen molar-refractivity contribution in [2.45, 2.75) is 90.4 Å². The highest BCUT2D eigenvalue weighted by atomic mass is 16.6. The van der Waals surface area contributed by atoms with Crippen LogP contribution >= 0.6 is 0 Å². The maximum atomic E-state index is 13.0. The lowest BCUT2D eigenvalue weighted by atomic mass is 9.79. The fraction of sp³-hybridized carbons (Fsp3) is 0.667. The molecule has 1 aromatic heterocycles. The third-order valence-corrected chi connectivity index (χ3v) is 6.25. The number of likely N-dealkylation sites (tertiary alicyclic amines) is 1. The number of hydrogen-bond donors (Lipinski definition) is 3. The van der Waals surface area contributed by atoms with Gasteiger partial charge in [0.2, 0.25) is 0 Å². The van der Waals surface area contributed by atoms with Crippen molar-refractivity contribution in [3.63, 3.8) is 0 Å². The normalized spacial score (nSPS) is 23.5. The lowest BCUT2D eigenvalue weighted by Crippen LogP contribution is -2.52. The molecule has 182 valence electrons. The molecule has 0 radical (unpaired) electrons. The molecule has 2 fully saturated rings. The molecule has 0 spiro atoms. The zero-order chi connectivity index (χ0) is 24.2. The number of rotatable bonds is 3. The first-order valence-electron chi connectivity index (χ1n) is 11.8. The minimum absolute atomic E-state index is 0.0461. The van der Waals surface area contributed by atoms with Gasteiger partial charge in [0.05, 0.1) is 18.0 Å². The Kier molecular flexibility index (Phi) is 7.94. The molecule has 1 saturated heterocycles. The second kappa shape index (κ2) is 10.5. The van der Waals surface area contributed by atoms with Crippen molar-refractivity contribution in [1.29, 1.82) is 0 Å². The predicted molar refractivity (Wildman–Crippen MR) is 125 cm³/mol. The van der Waals surface area contributed by atoms with E-state index in [4.69, 9.17) is 4.74 Å². The number of nitrogens with zero attached hydrogens (tertiary/aromatic N) is 2. The Morgan fingerprint density at radius 2 is 1.79 bits per heavy atom. The molecule has 1 saturated carbocycles. The number of aryl methyl sites for hydroxylation is 1. The summed E-state index contributed by atoms with van der Waals surface area (Å²) >= 11 is 0. The Hall–Kier alpha value is -2.68. The molecular formula is C24H36N4O5. The summed E-state index contributed by atoms with van der Waals surface area (Å²) in [6, 6.07) is 1.70. The molecule has 3 N–H and O–H groups in total. The van der Waals surface area contributed by atoms with Crippen molar-refractivity contribution in [2.75, 3.05) is 17.2 Å². The summed E-state index contributed by atoms with van der Waals surface area (Å²) in [5, 5.41) is 15.1. The molecule has 1 aromatic rings. The number of pyridine rings is 1. The minimum Gasteiger partial charge on any atom is -0.444 e. The number of piperidine rings is 1. The second-order valence-corrected chi connectivity index (χ2v) is 10.1. The fourth-order valence-corrected chi connectivity index (χ4v) is 4.68. The standard InChI is InChI=1S/C24H36N4O5/c1-15-13-17(14-25-20(15)27-23(32)33-24(2,3)4)26-21(30)22(31)28-12-6-5-7-19(28)16-8-10-18(29)11-9-16/h13-14,16,18-19,29H,5-12H2,1-4H3,(H,26,30)(H,25,27,32)/t16-,18-,19-/m0/s1. The van der Waals surface area contributed by atoms with Crippen LogP contribution in [0.25, 0.3) is 0 Å². The van der Waals surface area contributed by atoms with E-state index in [1.165, 1.54) is 6.20 Å². The highest BCUT2D eigenvalue weighted by Crippen LogP contribution is 2.34. The Morgan fingerprint density at radius 3 is 2.42 bits per heavy atom. The van der Waals surface area contributed by atoms with E-state index in [1.807, 2.05) is 0 Å². The van der Waals surface area contributed by atoms with Gasteiger partial charge in [0, 0.05) is 12.6 Å². The van der Waals surface area contributed by atoms with E-state index in [2.05, 4.69) is 15.6 Å². The van der Waals surface area contributed by atoms with Gasteiger partial charge >= 0.3 is 17.9 Å². The van der Waals surface area contributed by atoms with Crippen molar-refractivity contribution in [3.05, 3.63) is 17.8 Å². The SMILES string of the molecule is Cc1cc(NC(=O)C(=O)N2CCCC[C@H]2[C@H]2CC[C@H](O)CC2)cnc1NC(=O)OC(C)(C)C. The number of ether oxygens (including phenoxy) is 1. The Bertz CT molecular complexity index is 874. The van der Waals surface area contributed by atoms with E-state index in [-0.39, 0.29) is 12.1 Å². The second-order valence-electron chi connectivity index (χ2n) is 10.1. The van der Waals surface area contributed by atoms with Gasteiger partial charge in [-0.1, -0.05) is 0 Å². The molecule has 1 atom stereocenters. The number of carbonyl (C=O) groups excluding carboxylic acids is 3.